The summed E-state index contributed by atoms with van der Waals surface area (Å²) >= 11 is 0. The first kappa shape index (κ1) is 20.2. The Morgan fingerprint density at radius 1 is 1.10 bits per heavy atom. The normalized spacial score (nSPS) is 10.7. The largest absolute Gasteiger partial charge is 0.383 e. The van der Waals surface area contributed by atoms with Crippen molar-refractivity contribution in [1.82, 2.24) is 9.55 Å². The summed E-state index contributed by atoms with van der Waals surface area (Å²) in [7, 11) is 1.57. The Kier molecular flexibility index (Phi) is 6.04. The number of carbonyl (C=O) groups excluding carboxylic acids is 2. The van der Waals surface area contributed by atoms with Gasteiger partial charge in [-0.1, -0.05) is 0 Å². The Bertz CT molecular complexity index is 1120. The van der Waals surface area contributed by atoms with Crippen molar-refractivity contribution in [3.8, 4) is 0 Å². The zero-order valence-corrected chi connectivity index (χ0v) is 16.5. The molecule has 0 bridgehead atoms. The summed E-state index contributed by atoms with van der Waals surface area (Å²) in [4.78, 5) is 41.0. The fourth-order valence-corrected chi connectivity index (χ4v) is 2.94. The van der Waals surface area contributed by atoms with Gasteiger partial charge in [0.2, 0.25) is 5.91 Å². The lowest BCUT2D eigenvalue weighted by molar-refractivity contribution is -0.114. The van der Waals surface area contributed by atoms with E-state index in [9.17, 15) is 14.4 Å². The van der Waals surface area contributed by atoms with Gasteiger partial charge in [0.05, 0.1) is 28.8 Å². The van der Waals surface area contributed by atoms with Crippen LogP contribution < -0.4 is 16.2 Å². The highest BCUT2D eigenvalue weighted by Crippen LogP contribution is 2.18. The first-order valence-corrected chi connectivity index (χ1v) is 9.08. The van der Waals surface area contributed by atoms with Crippen molar-refractivity contribution in [3.63, 3.8) is 0 Å². The minimum atomic E-state index is -0.365. The molecular formula is C21H22N4O4. The number of pyridine rings is 2. The maximum Gasteiger partial charge on any atom is 0.260 e. The van der Waals surface area contributed by atoms with E-state index in [0.29, 0.717) is 46.7 Å². The van der Waals surface area contributed by atoms with Gasteiger partial charge in [-0.05, 0) is 43.3 Å². The second-order valence-electron chi connectivity index (χ2n) is 6.57. The maximum atomic E-state index is 12.8. The molecule has 8 heteroatoms. The lowest BCUT2D eigenvalue weighted by Gasteiger charge is -2.11. The van der Waals surface area contributed by atoms with Gasteiger partial charge >= 0.3 is 0 Å². The molecule has 0 saturated heterocycles. The molecular weight excluding hydrogens is 372 g/mol. The summed E-state index contributed by atoms with van der Waals surface area (Å²) < 4.78 is 6.56. The smallest absolute Gasteiger partial charge is 0.260 e. The van der Waals surface area contributed by atoms with E-state index < -0.39 is 0 Å². The molecule has 0 unspecified atom stereocenters. The molecule has 0 spiro atoms. The Morgan fingerprint density at radius 2 is 1.76 bits per heavy atom. The van der Waals surface area contributed by atoms with Crippen molar-refractivity contribution < 1.29 is 14.3 Å². The topological polar surface area (TPSA) is 102 Å². The number of fused-ring (bicyclic) bond motifs is 1. The number of anilines is 2. The van der Waals surface area contributed by atoms with E-state index in [4.69, 9.17) is 4.74 Å². The molecule has 0 aliphatic rings. The average Bonchev–Trinajstić information content (AvgIpc) is 2.68. The minimum Gasteiger partial charge on any atom is -0.383 e. The highest BCUT2D eigenvalue weighted by atomic mass is 16.5. The third kappa shape index (κ3) is 4.67. The number of amides is 2. The number of aromatic nitrogens is 2. The standard InChI is InChI=1S/C21H22N4O4/c1-13-17(20(27)24-16-6-4-15(5-7-16)23-14(2)26)12-18-19(22-13)8-9-25(21(18)28)10-11-29-3/h4-9,12H,10-11H2,1-3H3,(H,23,26)(H,24,27). The van der Waals surface area contributed by atoms with Crippen LogP contribution in [0.4, 0.5) is 11.4 Å². The molecule has 3 aromatic rings. The molecule has 2 N–H and O–H groups in total. The lowest BCUT2D eigenvalue weighted by atomic mass is 10.1. The van der Waals surface area contributed by atoms with Crippen molar-refractivity contribution in [2.24, 2.45) is 0 Å². The molecule has 0 aliphatic heterocycles. The van der Waals surface area contributed by atoms with E-state index >= 15 is 0 Å². The van der Waals surface area contributed by atoms with Gasteiger partial charge in [-0.2, -0.15) is 0 Å². The molecule has 2 aromatic heterocycles. The van der Waals surface area contributed by atoms with E-state index in [1.54, 1.807) is 56.6 Å². The minimum absolute atomic E-state index is 0.171. The molecule has 0 radical (unpaired) electrons. The fraction of sp³-hybridized carbons (Fsp3) is 0.238. The number of hydrogen-bond acceptors (Lipinski definition) is 5. The van der Waals surface area contributed by atoms with Crippen LogP contribution in [0.25, 0.3) is 10.9 Å². The monoisotopic (exact) mass is 394 g/mol. The van der Waals surface area contributed by atoms with Crippen LogP contribution in [0.2, 0.25) is 0 Å². The summed E-state index contributed by atoms with van der Waals surface area (Å²) in [5.41, 5.74) is 2.37. The highest BCUT2D eigenvalue weighted by Gasteiger charge is 2.14. The van der Waals surface area contributed by atoms with Gasteiger partial charge in [-0.15, -0.1) is 0 Å². The molecule has 150 valence electrons. The molecule has 3 rings (SSSR count). The number of hydrogen-bond donors (Lipinski definition) is 2. The molecule has 0 fully saturated rings. The van der Waals surface area contributed by atoms with Crippen molar-refractivity contribution >= 4 is 34.1 Å². The molecule has 29 heavy (non-hydrogen) atoms. The Balaban J connectivity index is 1.88. The summed E-state index contributed by atoms with van der Waals surface area (Å²) in [5.74, 6) is -0.535. The van der Waals surface area contributed by atoms with Crippen molar-refractivity contribution in [2.45, 2.75) is 20.4 Å². The maximum absolute atomic E-state index is 12.8. The molecule has 2 heterocycles. The Labute approximate surface area is 167 Å². The summed E-state index contributed by atoms with van der Waals surface area (Å²) in [6, 6.07) is 10.1. The predicted octanol–water partition coefficient (Wildman–Crippen LogP) is 2.56. The Hall–Kier alpha value is -3.52. The number of ether oxygens (including phenoxy) is 1. The Morgan fingerprint density at radius 3 is 2.38 bits per heavy atom. The third-order valence-electron chi connectivity index (χ3n) is 4.39. The second-order valence-corrected chi connectivity index (χ2v) is 6.57. The van der Waals surface area contributed by atoms with Gasteiger partial charge in [-0.25, -0.2) is 0 Å². The highest BCUT2D eigenvalue weighted by molar-refractivity contribution is 6.06. The number of methoxy groups -OCH3 is 1. The number of benzene rings is 1. The summed E-state index contributed by atoms with van der Waals surface area (Å²) in [5, 5.41) is 5.83. The van der Waals surface area contributed by atoms with Gasteiger partial charge in [-0.3, -0.25) is 19.4 Å². The number of aryl methyl sites for hydroxylation is 1. The molecule has 2 amide bonds. The molecule has 0 saturated carbocycles. The summed E-state index contributed by atoms with van der Waals surface area (Å²) in [6.45, 7) is 3.98. The van der Waals surface area contributed by atoms with Gasteiger partial charge in [0.25, 0.3) is 11.5 Å². The van der Waals surface area contributed by atoms with Crippen LogP contribution in [0, 0.1) is 6.92 Å². The zero-order valence-electron chi connectivity index (χ0n) is 16.5. The van der Waals surface area contributed by atoms with E-state index in [1.165, 1.54) is 11.5 Å². The van der Waals surface area contributed by atoms with Crippen LogP contribution in [0.15, 0.2) is 47.4 Å². The number of nitrogens with one attached hydrogen (secondary N) is 2. The fourth-order valence-electron chi connectivity index (χ4n) is 2.94. The molecule has 8 nitrogen and oxygen atoms in total. The van der Waals surface area contributed by atoms with Crippen molar-refractivity contribution in [2.75, 3.05) is 24.4 Å². The average molecular weight is 394 g/mol. The van der Waals surface area contributed by atoms with Crippen molar-refractivity contribution in [3.05, 3.63) is 64.2 Å². The number of rotatable bonds is 6. The van der Waals surface area contributed by atoms with Crippen LogP contribution >= 0.6 is 0 Å². The molecule has 0 atom stereocenters. The van der Waals surface area contributed by atoms with E-state index in [0.717, 1.165) is 0 Å². The zero-order chi connectivity index (χ0) is 21.0. The van der Waals surface area contributed by atoms with Gasteiger partial charge in [0, 0.05) is 38.1 Å². The first-order chi connectivity index (χ1) is 13.9. The van der Waals surface area contributed by atoms with Gasteiger partial charge in [0.1, 0.15) is 0 Å². The van der Waals surface area contributed by atoms with E-state index in [2.05, 4.69) is 15.6 Å². The van der Waals surface area contributed by atoms with E-state index in [1.807, 2.05) is 0 Å². The van der Waals surface area contributed by atoms with Crippen LogP contribution in [0.3, 0.4) is 0 Å². The SMILES string of the molecule is COCCn1ccc2nc(C)c(C(=O)Nc3ccc(NC(C)=O)cc3)cc2c1=O. The second kappa shape index (κ2) is 8.66. The quantitative estimate of drug-likeness (QED) is 0.669. The number of carbonyl (C=O) groups is 2. The van der Waals surface area contributed by atoms with Crippen LogP contribution in [-0.2, 0) is 16.1 Å². The van der Waals surface area contributed by atoms with Crippen LogP contribution in [-0.4, -0.2) is 35.1 Å². The van der Waals surface area contributed by atoms with E-state index in [-0.39, 0.29) is 17.4 Å². The third-order valence-corrected chi connectivity index (χ3v) is 4.39. The molecule has 0 aliphatic carbocycles. The van der Waals surface area contributed by atoms with Gasteiger partial charge in [0.15, 0.2) is 0 Å². The summed E-state index contributed by atoms with van der Waals surface area (Å²) in [6.07, 6.45) is 1.67. The van der Waals surface area contributed by atoms with Gasteiger partial charge < -0.3 is 19.9 Å². The first-order valence-electron chi connectivity index (χ1n) is 9.08. The van der Waals surface area contributed by atoms with Crippen LogP contribution in [0.5, 0.6) is 0 Å². The predicted molar refractivity (Wildman–Crippen MR) is 111 cm³/mol. The van der Waals surface area contributed by atoms with Crippen molar-refractivity contribution in [1.29, 1.82) is 0 Å². The van der Waals surface area contributed by atoms with Crippen LogP contribution in [0.1, 0.15) is 23.0 Å². The molecule has 1 aromatic carbocycles. The lowest BCUT2D eigenvalue weighted by Crippen LogP contribution is -2.23. The number of nitrogens with zero attached hydrogens (tertiary/aromatic N) is 2.